The largest absolute Gasteiger partial charge is 0.493 e. The lowest BCUT2D eigenvalue weighted by molar-refractivity contribution is 0.0636. The minimum atomic E-state index is -0.523. The molecule has 6 heteroatoms. The molecule has 0 aliphatic rings. The zero-order valence-electron chi connectivity index (χ0n) is 15.9. The van der Waals surface area contributed by atoms with E-state index in [-0.39, 0.29) is 0 Å². The number of rotatable bonds is 6. The minimum Gasteiger partial charge on any atom is -0.493 e. The molecule has 140 valence electrons. The number of amides is 1. The predicted octanol–water partition coefficient (Wildman–Crippen LogP) is 4.66. The zero-order valence-corrected chi connectivity index (χ0v) is 15.9. The summed E-state index contributed by atoms with van der Waals surface area (Å²) < 4.78 is 15.8. The number of ether oxygens (including phenoxy) is 3. The Morgan fingerprint density at radius 3 is 2.12 bits per heavy atom. The van der Waals surface area contributed by atoms with E-state index in [9.17, 15) is 4.79 Å². The molecule has 0 aliphatic carbocycles. The Labute approximate surface area is 154 Å². The Hall–Kier alpha value is -2.89. The number of nitrogens with one attached hydrogen (secondary N) is 2. The van der Waals surface area contributed by atoms with Gasteiger partial charge in [-0.2, -0.15) is 0 Å². The molecule has 2 N–H and O–H groups in total. The Balaban J connectivity index is 1.92. The van der Waals surface area contributed by atoms with Crippen molar-refractivity contribution >= 4 is 17.5 Å². The quantitative estimate of drug-likeness (QED) is 0.786. The highest BCUT2D eigenvalue weighted by molar-refractivity contribution is 5.85. The van der Waals surface area contributed by atoms with Crippen LogP contribution in [0.1, 0.15) is 26.3 Å². The van der Waals surface area contributed by atoms with Crippen molar-refractivity contribution in [2.75, 3.05) is 24.9 Å². The highest BCUT2D eigenvalue weighted by atomic mass is 16.6. The van der Waals surface area contributed by atoms with E-state index < -0.39 is 11.7 Å². The SMILES string of the molecule is COc1ccc(CNc2ccc(NC(=O)OC(C)(C)C)cc2)cc1OC. The van der Waals surface area contributed by atoms with E-state index in [0.29, 0.717) is 23.7 Å². The van der Waals surface area contributed by atoms with Crippen LogP contribution in [0, 0.1) is 0 Å². The molecule has 2 aromatic rings. The maximum atomic E-state index is 11.8. The van der Waals surface area contributed by atoms with E-state index in [1.165, 1.54) is 0 Å². The summed E-state index contributed by atoms with van der Waals surface area (Å²) in [6.45, 7) is 6.12. The highest BCUT2D eigenvalue weighted by Crippen LogP contribution is 2.28. The molecule has 1 amide bonds. The van der Waals surface area contributed by atoms with E-state index in [2.05, 4.69) is 10.6 Å². The summed E-state index contributed by atoms with van der Waals surface area (Å²) in [5, 5.41) is 6.04. The standard InChI is InChI=1S/C20H26N2O4/c1-20(2,3)26-19(23)22-16-9-7-15(8-10-16)21-13-14-6-11-17(24-4)18(12-14)25-5/h6-12,21H,13H2,1-5H3,(H,22,23). The second kappa shape index (κ2) is 8.47. The first kappa shape index (κ1) is 19.4. The van der Waals surface area contributed by atoms with Crippen molar-refractivity contribution < 1.29 is 19.0 Å². The fraction of sp³-hybridized carbons (Fsp3) is 0.350. The lowest BCUT2D eigenvalue weighted by Crippen LogP contribution is -2.27. The van der Waals surface area contributed by atoms with Crippen LogP contribution < -0.4 is 20.1 Å². The second-order valence-electron chi connectivity index (χ2n) is 6.75. The molecule has 0 fully saturated rings. The summed E-state index contributed by atoms with van der Waals surface area (Å²) in [5.41, 5.74) is 2.16. The van der Waals surface area contributed by atoms with Gasteiger partial charge >= 0.3 is 6.09 Å². The van der Waals surface area contributed by atoms with E-state index in [1.54, 1.807) is 14.2 Å². The molecule has 2 aromatic carbocycles. The van der Waals surface area contributed by atoms with Crippen molar-refractivity contribution in [2.24, 2.45) is 0 Å². The monoisotopic (exact) mass is 358 g/mol. The van der Waals surface area contributed by atoms with Crippen LogP contribution in [0.15, 0.2) is 42.5 Å². The summed E-state index contributed by atoms with van der Waals surface area (Å²) in [5.74, 6) is 1.40. The summed E-state index contributed by atoms with van der Waals surface area (Å²) in [7, 11) is 3.23. The number of carbonyl (C=O) groups is 1. The first-order chi connectivity index (χ1) is 12.3. The number of hydrogen-bond donors (Lipinski definition) is 2. The van der Waals surface area contributed by atoms with E-state index in [1.807, 2.05) is 63.2 Å². The molecule has 0 atom stereocenters. The molecule has 6 nitrogen and oxygen atoms in total. The van der Waals surface area contributed by atoms with Crippen LogP contribution >= 0.6 is 0 Å². The molecule has 2 rings (SSSR count). The van der Waals surface area contributed by atoms with Gasteiger partial charge in [-0.15, -0.1) is 0 Å². The molecule has 0 heterocycles. The fourth-order valence-electron chi connectivity index (χ4n) is 2.29. The van der Waals surface area contributed by atoms with Crippen LogP contribution in [-0.2, 0) is 11.3 Å². The third-order valence-electron chi connectivity index (χ3n) is 3.47. The van der Waals surface area contributed by atoms with Crippen molar-refractivity contribution in [1.29, 1.82) is 0 Å². The average molecular weight is 358 g/mol. The van der Waals surface area contributed by atoms with Gasteiger partial charge in [0.1, 0.15) is 5.60 Å². The van der Waals surface area contributed by atoms with Gasteiger partial charge in [0.15, 0.2) is 11.5 Å². The van der Waals surface area contributed by atoms with Gasteiger partial charge < -0.3 is 19.5 Å². The Kier molecular flexibility index (Phi) is 6.33. The van der Waals surface area contributed by atoms with Crippen LogP contribution in [0.2, 0.25) is 0 Å². The van der Waals surface area contributed by atoms with Crippen molar-refractivity contribution in [3.8, 4) is 11.5 Å². The van der Waals surface area contributed by atoms with Crippen LogP contribution in [0.3, 0.4) is 0 Å². The molecule has 0 radical (unpaired) electrons. The smallest absolute Gasteiger partial charge is 0.412 e. The van der Waals surface area contributed by atoms with Crippen LogP contribution in [-0.4, -0.2) is 25.9 Å². The lowest BCUT2D eigenvalue weighted by Gasteiger charge is -2.19. The summed E-state index contributed by atoms with van der Waals surface area (Å²) >= 11 is 0. The molecule has 0 saturated heterocycles. The number of benzene rings is 2. The van der Waals surface area contributed by atoms with Crippen molar-refractivity contribution in [1.82, 2.24) is 0 Å². The molecule has 26 heavy (non-hydrogen) atoms. The number of methoxy groups -OCH3 is 2. The predicted molar refractivity (Wildman–Crippen MR) is 103 cm³/mol. The second-order valence-corrected chi connectivity index (χ2v) is 6.75. The molecular formula is C20H26N2O4. The average Bonchev–Trinajstić information content (AvgIpc) is 2.59. The molecule has 0 aromatic heterocycles. The van der Waals surface area contributed by atoms with Crippen LogP contribution in [0.25, 0.3) is 0 Å². The minimum absolute atomic E-state index is 0.469. The van der Waals surface area contributed by atoms with E-state index >= 15 is 0 Å². The van der Waals surface area contributed by atoms with Gasteiger partial charge in [-0.05, 0) is 62.7 Å². The topological polar surface area (TPSA) is 68.8 Å². The fourth-order valence-corrected chi connectivity index (χ4v) is 2.29. The summed E-state index contributed by atoms with van der Waals surface area (Å²) in [6.07, 6.45) is -0.469. The number of hydrogen-bond acceptors (Lipinski definition) is 5. The highest BCUT2D eigenvalue weighted by Gasteiger charge is 2.16. The lowest BCUT2D eigenvalue weighted by atomic mass is 10.2. The molecule has 0 saturated carbocycles. The van der Waals surface area contributed by atoms with Crippen molar-refractivity contribution in [3.05, 3.63) is 48.0 Å². The summed E-state index contributed by atoms with van der Waals surface area (Å²) in [6, 6.07) is 13.2. The van der Waals surface area contributed by atoms with Gasteiger partial charge in [-0.25, -0.2) is 4.79 Å². The molecule has 0 spiro atoms. The Bertz CT molecular complexity index is 736. The third kappa shape index (κ3) is 5.88. The molecular weight excluding hydrogens is 332 g/mol. The van der Waals surface area contributed by atoms with E-state index in [4.69, 9.17) is 14.2 Å². The van der Waals surface area contributed by atoms with Gasteiger partial charge in [0.2, 0.25) is 0 Å². The van der Waals surface area contributed by atoms with E-state index in [0.717, 1.165) is 11.3 Å². The van der Waals surface area contributed by atoms with Crippen molar-refractivity contribution in [3.63, 3.8) is 0 Å². The summed E-state index contributed by atoms with van der Waals surface area (Å²) in [4.78, 5) is 11.8. The van der Waals surface area contributed by atoms with Crippen molar-refractivity contribution in [2.45, 2.75) is 32.9 Å². The van der Waals surface area contributed by atoms with Crippen LogP contribution in [0.4, 0.5) is 16.2 Å². The number of carbonyl (C=O) groups excluding carboxylic acids is 1. The zero-order chi connectivity index (χ0) is 19.2. The molecule has 0 bridgehead atoms. The van der Waals surface area contributed by atoms with Gasteiger partial charge in [-0.3, -0.25) is 5.32 Å². The van der Waals surface area contributed by atoms with Gasteiger partial charge in [0.05, 0.1) is 14.2 Å². The first-order valence-electron chi connectivity index (χ1n) is 8.35. The van der Waals surface area contributed by atoms with Gasteiger partial charge in [-0.1, -0.05) is 6.07 Å². The molecule has 0 unspecified atom stereocenters. The Morgan fingerprint density at radius 1 is 0.923 bits per heavy atom. The number of anilines is 2. The van der Waals surface area contributed by atoms with Gasteiger partial charge in [0, 0.05) is 17.9 Å². The third-order valence-corrected chi connectivity index (χ3v) is 3.47. The molecule has 0 aliphatic heterocycles. The normalized spacial score (nSPS) is 10.8. The van der Waals surface area contributed by atoms with Crippen LogP contribution in [0.5, 0.6) is 11.5 Å². The Morgan fingerprint density at radius 2 is 1.54 bits per heavy atom. The maximum Gasteiger partial charge on any atom is 0.412 e. The van der Waals surface area contributed by atoms with Gasteiger partial charge in [0.25, 0.3) is 0 Å². The first-order valence-corrected chi connectivity index (χ1v) is 8.35. The maximum absolute atomic E-state index is 11.8.